The van der Waals surface area contributed by atoms with Gasteiger partial charge in [0.25, 0.3) is 0 Å². The van der Waals surface area contributed by atoms with Crippen LogP contribution in [0.25, 0.3) is 0 Å². The van der Waals surface area contributed by atoms with Crippen LogP contribution in [0.15, 0.2) is 0 Å². The Balaban J connectivity index is 2.95. The minimum absolute atomic E-state index is 0.0573. The maximum absolute atomic E-state index is 12.2. The van der Waals surface area contributed by atoms with Gasteiger partial charge < -0.3 is 5.11 Å². The molecular formula is C8H15FO3S. The second kappa shape index (κ2) is 3.20. The lowest BCUT2D eigenvalue weighted by atomic mass is 9.88. The van der Waals surface area contributed by atoms with E-state index in [9.17, 15) is 17.9 Å². The monoisotopic (exact) mass is 210 g/mol. The van der Waals surface area contributed by atoms with E-state index in [1.807, 2.05) is 0 Å². The van der Waals surface area contributed by atoms with Crippen LogP contribution >= 0.6 is 0 Å². The van der Waals surface area contributed by atoms with Gasteiger partial charge in [0.2, 0.25) is 0 Å². The number of aliphatic hydroxyl groups excluding tert-OH is 1. The van der Waals surface area contributed by atoms with Gasteiger partial charge in [-0.25, -0.2) is 12.8 Å². The number of rotatable bonds is 2. The van der Waals surface area contributed by atoms with Gasteiger partial charge in [-0.3, -0.25) is 0 Å². The molecule has 1 rings (SSSR count). The molecule has 1 saturated heterocycles. The summed E-state index contributed by atoms with van der Waals surface area (Å²) in [5.41, 5.74) is 0. The summed E-state index contributed by atoms with van der Waals surface area (Å²) in [7, 11) is -3.16. The van der Waals surface area contributed by atoms with Crippen molar-refractivity contribution in [3.63, 3.8) is 0 Å². The second-order valence-electron chi connectivity index (χ2n) is 4.04. The third-order valence-corrected chi connectivity index (χ3v) is 5.69. The Hall–Kier alpha value is -0.160. The fraction of sp³-hybridized carbons (Fsp3) is 1.00. The third kappa shape index (κ3) is 1.59. The average Bonchev–Trinajstić information content (AvgIpc) is 2.22. The van der Waals surface area contributed by atoms with Crippen LogP contribution in [0, 0.1) is 5.92 Å². The van der Waals surface area contributed by atoms with E-state index in [4.69, 9.17) is 0 Å². The molecule has 0 aromatic carbocycles. The highest BCUT2D eigenvalue weighted by molar-refractivity contribution is 7.93. The van der Waals surface area contributed by atoms with E-state index >= 15 is 0 Å². The van der Waals surface area contributed by atoms with Crippen LogP contribution in [0.5, 0.6) is 0 Å². The van der Waals surface area contributed by atoms with Gasteiger partial charge in [0.05, 0.1) is 16.6 Å². The van der Waals surface area contributed by atoms with Crippen molar-refractivity contribution in [2.45, 2.75) is 31.1 Å². The first kappa shape index (κ1) is 10.9. The Kier molecular flexibility index (Phi) is 2.69. The Morgan fingerprint density at radius 2 is 2.15 bits per heavy atom. The molecule has 1 fully saturated rings. The largest absolute Gasteiger partial charge is 0.390 e. The predicted octanol–water partition coefficient (Wildman–Crippen LogP) is 0.530. The fourth-order valence-electron chi connectivity index (χ4n) is 1.89. The highest BCUT2D eigenvalue weighted by atomic mass is 32.2. The molecule has 1 heterocycles. The standard InChI is InChI=1S/C8H15FO3S/c1-8(2)6(7(10)5-9)3-4-13(8,11)12/h6-7,10H,3-5H2,1-2H3. The number of sulfone groups is 1. The van der Waals surface area contributed by atoms with Crippen LogP contribution in [0.1, 0.15) is 20.3 Å². The number of alkyl halides is 1. The van der Waals surface area contributed by atoms with Crippen molar-refractivity contribution < 1.29 is 17.9 Å². The smallest absolute Gasteiger partial charge is 0.155 e. The second-order valence-corrected chi connectivity index (χ2v) is 6.73. The van der Waals surface area contributed by atoms with E-state index in [2.05, 4.69) is 0 Å². The van der Waals surface area contributed by atoms with Crippen LogP contribution in [-0.2, 0) is 9.84 Å². The summed E-state index contributed by atoms with van der Waals surface area (Å²) in [6.45, 7) is 2.24. The lowest BCUT2D eigenvalue weighted by Gasteiger charge is -2.28. The van der Waals surface area contributed by atoms with Crippen molar-refractivity contribution >= 4 is 9.84 Å². The maximum atomic E-state index is 12.2. The molecule has 0 saturated carbocycles. The van der Waals surface area contributed by atoms with Crippen molar-refractivity contribution in [1.29, 1.82) is 0 Å². The van der Waals surface area contributed by atoms with Gasteiger partial charge in [-0.2, -0.15) is 0 Å². The molecule has 2 atom stereocenters. The molecule has 1 N–H and O–H groups in total. The van der Waals surface area contributed by atoms with Crippen molar-refractivity contribution in [2.75, 3.05) is 12.4 Å². The molecule has 0 aromatic rings. The minimum Gasteiger partial charge on any atom is -0.390 e. The van der Waals surface area contributed by atoms with Crippen molar-refractivity contribution in [3.05, 3.63) is 0 Å². The first-order chi connectivity index (χ1) is 5.83. The summed E-state index contributed by atoms with van der Waals surface area (Å²) in [6, 6.07) is 0. The number of halogens is 1. The first-order valence-electron chi connectivity index (χ1n) is 4.29. The van der Waals surface area contributed by atoms with E-state index in [1.165, 1.54) is 0 Å². The van der Waals surface area contributed by atoms with E-state index in [0.29, 0.717) is 6.42 Å². The molecule has 0 bridgehead atoms. The summed E-state index contributed by atoms with van der Waals surface area (Å²) >= 11 is 0. The molecule has 0 radical (unpaired) electrons. The molecule has 0 aromatic heterocycles. The Morgan fingerprint density at radius 3 is 2.46 bits per heavy atom. The molecule has 13 heavy (non-hydrogen) atoms. The minimum atomic E-state index is -3.16. The Labute approximate surface area is 77.9 Å². The SMILES string of the molecule is CC1(C)C(C(O)CF)CCS1(=O)=O. The first-order valence-corrected chi connectivity index (χ1v) is 5.94. The number of hydrogen-bond donors (Lipinski definition) is 1. The average molecular weight is 210 g/mol. The van der Waals surface area contributed by atoms with Crippen LogP contribution < -0.4 is 0 Å². The van der Waals surface area contributed by atoms with E-state index in [1.54, 1.807) is 13.8 Å². The zero-order valence-corrected chi connectivity index (χ0v) is 8.64. The van der Waals surface area contributed by atoms with Gasteiger partial charge in [-0.15, -0.1) is 0 Å². The molecule has 0 spiro atoms. The van der Waals surface area contributed by atoms with Gasteiger partial charge in [-0.05, 0) is 20.3 Å². The van der Waals surface area contributed by atoms with Crippen LogP contribution in [-0.4, -0.2) is 36.8 Å². The fourth-order valence-corrected chi connectivity index (χ4v) is 3.71. The van der Waals surface area contributed by atoms with Gasteiger partial charge in [0.15, 0.2) is 9.84 Å². The van der Waals surface area contributed by atoms with Crippen molar-refractivity contribution in [1.82, 2.24) is 0 Å². The van der Waals surface area contributed by atoms with E-state index < -0.39 is 33.3 Å². The van der Waals surface area contributed by atoms with Gasteiger partial charge in [0.1, 0.15) is 6.67 Å². The molecule has 0 amide bonds. The van der Waals surface area contributed by atoms with E-state index in [-0.39, 0.29) is 5.75 Å². The molecule has 3 nitrogen and oxygen atoms in total. The van der Waals surface area contributed by atoms with Gasteiger partial charge in [0, 0.05) is 5.92 Å². The Morgan fingerprint density at radius 1 is 1.62 bits per heavy atom. The zero-order valence-electron chi connectivity index (χ0n) is 7.83. The molecule has 5 heteroatoms. The van der Waals surface area contributed by atoms with Crippen molar-refractivity contribution in [2.24, 2.45) is 5.92 Å². The molecule has 0 aliphatic carbocycles. The van der Waals surface area contributed by atoms with Crippen LogP contribution in [0.4, 0.5) is 4.39 Å². The normalized spacial score (nSPS) is 33.1. The molecule has 2 unspecified atom stereocenters. The van der Waals surface area contributed by atoms with Crippen molar-refractivity contribution in [3.8, 4) is 0 Å². The topological polar surface area (TPSA) is 54.4 Å². The van der Waals surface area contributed by atoms with Crippen LogP contribution in [0.2, 0.25) is 0 Å². The third-order valence-electron chi connectivity index (χ3n) is 3.01. The number of aliphatic hydroxyl groups is 1. The molecule has 78 valence electrons. The summed E-state index contributed by atoms with van der Waals surface area (Å²) in [4.78, 5) is 0. The lowest BCUT2D eigenvalue weighted by Crippen LogP contribution is -2.40. The predicted molar refractivity (Wildman–Crippen MR) is 48.0 cm³/mol. The molecule has 1 aliphatic rings. The highest BCUT2D eigenvalue weighted by Gasteiger charge is 2.50. The lowest BCUT2D eigenvalue weighted by molar-refractivity contribution is 0.0681. The summed E-state index contributed by atoms with van der Waals surface area (Å²) in [5.74, 6) is -0.413. The zero-order chi connectivity index (χ0) is 10.3. The van der Waals surface area contributed by atoms with Gasteiger partial charge >= 0.3 is 0 Å². The highest BCUT2D eigenvalue weighted by Crippen LogP contribution is 2.39. The molecule has 1 aliphatic heterocycles. The quantitative estimate of drug-likeness (QED) is 0.723. The van der Waals surface area contributed by atoms with E-state index in [0.717, 1.165) is 0 Å². The maximum Gasteiger partial charge on any atom is 0.155 e. The molecular weight excluding hydrogens is 195 g/mol. The Bertz CT molecular complexity index is 284. The number of hydrogen-bond acceptors (Lipinski definition) is 3. The summed E-state index contributed by atoms with van der Waals surface area (Å²) in [6.07, 6.45) is -0.785. The summed E-state index contributed by atoms with van der Waals surface area (Å²) in [5, 5.41) is 9.29. The van der Waals surface area contributed by atoms with Gasteiger partial charge in [-0.1, -0.05) is 0 Å². The van der Waals surface area contributed by atoms with Crippen LogP contribution in [0.3, 0.4) is 0 Å². The summed E-state index contributed by atoms with van der Waals surface area (Å²) < 4.78 is 34.2.